The number of nitrogens with two attached hydrogens (primary N) is 1. The second-order valence-electron chi connectivity index (χ2n) is 6.99. The van der Waals surface area contributed by atoms with Crippen molar-refractivity contribution < 1.29 is 4.39 Å². The van der Waals surface area contributed by atoms with Gasteiger partial charge in [0.2, 0.25) is 0 Å². The normalized spacial score (nSPS) is 27.3. The van der Waals surface area contributed by atoms with Gasteiger partial charge < -0.3 is 10.6 Å². The van der Waals surface area contributed by atoms with Crippen LogP contribution in [0.15, 0.2) is 12.1 Å². The molecule has 0 radical (unpaired) electrons. The fourth-order valence-electron chi connectivity index (χ4n) is 4.14. The van der Waals surface area contributed by atoms with Gasteiger partial charge in [-0.1, -0.05) is 19.3 Å². The van der Waals surface area contributed by atoms with Gasteiger partial charge in [0.1, 0.15) is 5.82 Å². The van der Waals surface area contributed by atoms with E-state index in [0.29, 0.717) is 0 Å². The number of aryl methyl sites for hydroxylation is 1. The zero-order valence-electron chi connectivity index (χ0n) is 13.2. The van der Waals surface area contributed by atoms with E-state index in [1.807, 2.05) is 19.9 Å². The number of halogens is 1. The van der Waals surface area contributed by atoms with Gasteiger partial charge in [0.15, 0.2) is 0 Å². The summed E-state index contributed by atoms with van der Waals surface area (Å²) < 4.78 is 13.9. The van der Waals surface area contributed by atoms with Crippen molar-refractivity contribution in [1.29, 1.82) is 0 Å². The van der Waals surface area contributed by atoms with E-state index in [1.165, 1.54) is 32.1 Å². The Bertz CT molecular complexity index is 512. The second-order valence-corrected chi connectivity index (χ2v) is 6.99. The predicted molar refractivity (Wildman–Crippen MR) is 86.0 cm³/mol. The van der Waals surface area contributed by atoms with Crippen LogP contribution in [0.5, 0.6) is 0 Å². The van der Waals surface area contributed by atoms with Crippen LogP contribution in [-0.2, 0) is 0 Å². The molecule has 1 saturated carbocycles. The number of fused-ring (bicyclic) bond motifs is 1. The number of nitrogens with zero attached hydrogens (tertiary/aromatic N) is 1. The van der Waals surface area contributed by atoms with Crippen molar-refractivity contribution in [3.8, 4) is 0 Å². The summed E-state index contributed by atoms with van der Waals surface area (Å²) in [6, 6.07) is 3.51. The third kappa shape index (κ3) is 2.94. The first-order chi connectivity index (χ1) is 10.1. The Balaban J connectivity index is 1.87. The smallest absolute Gasteiger partial charge is 0.126 e. The molecule has 2 fully saturated rings. The zero-order valence-corrected chi connectivity index (χ0v) is 13.2. The standard InChI is InChI=1S/C18H27FN2/c1-12-9-18(16(13(2)20)10-17(12)19)21-8-7-14-5-3-4-6-15(14)11-21/h9-10,13-15H,3-8,11,20H2,1-2H3/t13-,14?,15?/m0/s1. The summed E-state index contributed by atoms with van der Waals surface area (Å²) in [6.45, 7) is 6.00. The van der Waals surface area contributed by atoms with E-state index in [4.69, 9.17) is 5.73 Å². The number of hydrogen-bond donors (Lipinski definition) is 1. The minimum Gasteiger partial charge on any atom is -0.371 e. The quantitative estimate of drug-likeness (QED) is 0.885. The number of anilines is 1. The van der Waals surface area contributed by atoms with Crippen LogP contribution < -0.4 is 10.6 Å². The number of hydrogen-bond acceptors (Lipinski definition) is 2. The van der Waals surface area contributed by atoms with Crippen molar-refractivity contribution in [2.75, 3.05) is 18.0 Å². The Kier molecular flexibility index (Phi) is 4.21. The summed E-state index contributed by atoms with van der Waals surface area (Å²) in [4.78, 5) is 2.46. The number of benzene rings is 1. The highest BCUT2D eigenvalue weighted by Crippen LogP contribution is 2.39. The van der Waals surface area contributed by atoms with Crippen molar-refractivity contribution in [1.82, 2.24) is 0 Å². The lowest BCUT2D eigenvalue weighted by Crippen LogP contribution is -2.42. The molecule has 2 nitrogen and oxygen atoms in total. The molecular weight excluding hydrogens is 263 g/mol. The topological polar surface area (TPSA) is 29.3 Å². The largest absolute Gasteiger partial charge is 0.371 e. The molecule has 1 aromatic rings. The lowest BCUT2D eigenvalue weighted by atomic mass is 9.75. The molecule has 2 N–H and O–H groups in total. The first-order valence-electron chi connectivity index (χ1n) is 8.37. The van der Waals surface area contributed by atoms with Crippen molar-refractivity contribution in [2.45, 2.75) is 52.0 Å². The van der Waals surface area contributed by atoms with Crippen molar-refractivity contribution in [3.05, 3.63) is 29.1 Å². The summed E-state index contributed by atoms with van der Waals surface area (Å²) in [7, 11) is 0. The van der Waals surface area contributed by atoms with E-state index < -0.39 is 0 Å². The fourth-order valence-corrected chi connectivity index (χ4v) is 4.14. The molecule has 0 spiro atoms. The summed E-state index contributed by atoms with van der Waals surface area (Å²) in [5.41, 5.74) is 8.91. The lowest BCUT2D eigenvalue weighted by Gasteiger charge is -2.43. The first kappa shape index (κ1) is 14.8. The predicted octanol–water partition coefficient (Wildman–Crippen LogP) is 4.17. The SMILES string of the molecule is Cc1cc(N2CCC3CCCCC3C2)c([C@H](C)N)cc1F. The molecule has 0 amide bonds. The molecule has 116 valence electrons. The molecule has 21 heavy (non-hydrogen) atoms. The molecule has 3 rings (SSSR count). The molecule has 2 unspecified atom stereocenters. The Labute approximate surface area is 127 Å². The molecule has 3 atom stereocenters. The van der Waals surface area contributed by atoms with Crippen molar-refractivity contribution >= 4 is 5.69 Å². The minimum atomic E-state index is -0.140. The van der Waals surface area contributed by atoms with Gasteiger partial charge in [0, 0.05) is 24.8 Å². The van der Waals surface area contributed by atoms with E-state index >= 15 is 0 Å². The Morgan fingerprint density at radius 1 is 1.19 bits per heavy atom. The average molecular weight is 290 g/mol. The fraction of sp³-hybridized carbons (Fsp3) is 0.667. The molecule has 1 aliphatic carbocycles. The second kappa shape index (κ2) is 5.96. The average Bonchev–Trinajstić information content (AvgIpc) is 2.49. The lowest BCUT2D eigenvalue weighted by molar-refractivity contribution is 0.202. The Morgan fingerprint density at radius 3 is 2.62 bits per heavy atom. The Hall–Kier alpha value is -1.09. The molecule has 0 bridgehead atoms. The van der Waals surface area contributed by atoms with Gasteiger partial charge in [-0.25, -0.2) is 4.39 Å². The number of rotatable bonds is 2. The van der Waals surface area contributed by atoms with E-state index in [0.717, 1.165) is 41.7 Å². The molecule has 1 heterocycles. The van der Waals surface area contributed by atoms with Crippen molar-refractivity contribution in [3.63, 3.8) is 0 Å². The summed E-state index contributed by atoms with van der Waals surface area (Å²) in [5.74, 6) is 1.59. The Morgan fingerprint density at radius 2 is 1.90 bits per heavy atom. The van der Waals surface area contributed by atoms with Crippen LogP contribution in [0, 0.1) is 24.6 Å². The highest BCUT2D eigenvalue weighted by molar-refractivity contribution is 5.57. The molecular formula is C18H27FN2. The summed E-state index contributed by atoms with van der Waals surface area (Å²) in [5, 5.41) is 0. The highest BCUT2D eigenvalue weighted by atomic mass is 19.1. The maximum atomic E-state index is 13.9. The maximum absolute atomic E-state index is 13.9. The van der Waals surface area contributed by atoms with Crippen LogP contribution in [0.1, 0.15) is 56.2 Å². The minimum absolute atomic E-state index is 0.126. The van der Waals surface area contributed by atoms with Crippen LogP contribution in [0.4, 0.5) is 10.1 Å². The van der Waals surface area contributed by atoms with Gasteiger partial charge in [0.05, 0.1) is 0 Å². The summed E-state index contributed by atoms with van der Waals surface area (Å²) >= 11 is 0. The van der Waals surface area contributed by atoms with Crippen LogP contribution in [0.2, 0.25) is 0 Å². The number of piperidine rings is 1. The van der Waals surface area contributed by atoms with Gasteiger partial charge in [-0.2, -0.15) is 0 Å². The third-order valence-electron chi connectivity index (χ3n) is 5.43. The molecule has 1 saturated heterocycles. The molecule has 1 aromatic carbocycles. The van der Waals surface area contributed by atoms with E-state index in [-0.39, 0.29) is 11.9 Å². The molecule has 1 aliphatic heterocycles. The van der Waals surface area contributed by atoms with Crippen molar-refractivity contribution in [2.24, 2.45) is 17.6 Å². The molecule has 0 aromatic heterocycles. The first-order valence-corrected chi connectivity index (χ1v) is 8.37. The van der Waals surface area contributed by atoms with Gasteiger partial charge in [-0.05, 0) is 61.8 Å². The van der Waals surface area contributed by atoms with Crippen LogP contribution in [0.3, 0.4) is 0 Å². The highest BCUT2D eigenvalue weighted by Gasteiger charge is 2.32. The maximum Gasteiger partial charge on any atom is 0.126 e. The van der Waals surface area contributed by atoms with Gasteiger partial charge >= 0.3 is 0 Å². The van der Waals surface area contributed by atoms with E-state index in [2.05, 4.69) is 4.90 Å². The van der Waals surface area contributed by atoms with Gasteiger partial charge in [-0.3, -0.25) is 0 Å². The zero-order chi connectivity index (χ0) is 15.0. The van der Waals surface area contributed by atoms with E-state index in [9.17, 15) is 4.39 Å². The van der Waals surface area contributed by atoms with Crippen LogP contribution >= 0.6 is 0 Å². The van der Waals surface area contributed by atoms with E-state index in [1.54, 1.807) is 6.07 Å². The molecule has 2 aliphatic rings. The monoisotopic (exact) mass is 290 g/mol. The van der Waals surface area contributed by atoms with Gasteiger partial charge in [-0.15, -0.1) is 0 Å². The molecule has 3 heteroatoms. The third-order valence-corrected chi connectivity index (χ3v) is 5.43. The van der Waals surface area contributed by atoms with Crippen LogP contribution in [0.25, 0.3) is 0 Å². The van der Waals surface area contributed by atoms with Crippen LogP contribution in [-0.4, -0.2) is 13.1 Å². The van der Waals surface area contributed by atoms with Gasteiger partial charge in [0.25, 0.3) is 0 Å². The summed E-state index contributed by atoms with van der Waals surface area (Å²) in [6.07, 6.45) is 6.81.